The van der Waals surface area contributed by atoms with Gasteiger partial charge in [-0.25, -0.2) is 14.4 Å². The molecule has 2 aromatic carbocycles. The predicted molar refractivity (Wildman–Crippen MR) is 150 cm³/mol. The molecule has 0 aliphatic carbocycles. The van der Waals surface area contributed by atoms with Crippen LogP contribution >= 0.6 is 0 Å². The second kappa shape index (κ2) is 16.2. The first-order chi connectivity index (χ1) is 18.9. The van der Waals surface area contributed by atoms with Crippen molar-refractivity contribution in [1.29, 1.82) is 0 Å². The van der Waals surface area contributed by atoms with Crippen molar-refractivity contribution in [3.05, 3.63) is 77.9 Å². The summed E-state index contributed by atoms with van der Waals surface area (Å²) in [5.41, 5.74) is 1.81. The van der Waals surface area contributed by atoms with Crippen molar-refractivity contribution in [1.82, 2.24) is 0 Å². The first kappa shape index (κ1) is 29.7. The maximum atomic E-state index is 12.5. The molecule has 0 bridgehead atoms. The number of hydrogen-bond donors (Lipinski definition) is 0. The lowest BCUT2D eigenvalue weighted by Crippen LogP contribution is -2.08. The maximum Gasteiger partial charge on any atom is 0.343 e. The molecule has 0 saturated carbocycles. The molecule has 0 spiro atoms. The van der Waals surface area contributed by atoms with Crippen LogP contribution in [0.15, 0.2) is 66.8 Å². The number of carbonyl (C=O) groups is 3. The molecule has 3 rings (SSSR count). The standard InChI is InChI=1S/C32H38O7/c1-3-4-21-37-30(33)20-13-25-11-16-28(17-12-25)38-32(35)26-14-18-27(19-15-26)36-22-9-7-5-6-8-10-29-23-24(2)31(34)39-29/h11-20,29H,2-10,21-23H2,1H3/b20-13+. The predicted octanol–water partition coefficient (Wildman–Crippen LogP) is 6.85. The van der Waals surface area contributed by atoms with E-state index in [0.717, 1.165) is 56.9 Å². The molecule has 1 aliphatic rings. The minimum absolute atomic E-state index is 0.00949. The lowest BCUT2D eigenvalue weighted by molar-refractivity contribution is -0.139. The number of benzene rings is 2. The summed E-state index contributed by atoms with van der Waals surface area (Å²) in [6.07, 6.45) is 11.7. The van der Waals surface area contributed by atoms with Crippen LogP contribution in [-0.2, 0) is 19.1 Å². The molecule has 1 atom stereocenters. The molecule has 7 heteroatoms. The number of rotatable bonds is 16. The van der Waals surface area contributed by atoms with Crippen molar-refractivity contribution < 1.29 is 33.3 Å². The van der Waals surface area contributed by atoms with E-state index in [1.165, 1.54) is 6.08 Å². The fraction of sp³-hybridized carbons (Fsp3) is 0.406. The monoisotopic (exact) mass is 534 g/mol. The fourth-order valence-electron chi connectivity index (χ4n) is 4.02. The third kappa shape index (κ3) is 10.8. The largest absolute Gasteiger partial charge is 0.494 e. The topological polar surface area (TPSA) is 88.1 Å². The molecule has 1 saturated heterocycles. The highest BCUT2D eigenvalue weighted by molar-refractivity contribution is 5.91. The van der Waals surface area contributed by atoms with E-state index < -0.39 is 5.97 Å². The fourth-order valence-corrected chi connectivity index (χ4v) is 4.02. The van der Waals surface area contributed by atoms with Gasteiger partial charge in [-0.1, -0.05) is 51.3 Å². The van der Waals surface area contributed by atoms with Gasteiger partial charge in [0.2, 0.25) is 0 Å². The van der Waals surface area contributed by atoms with E-state index in [9.17, 15) is 14.4 Å². The molecule has 0 amide bonds. The van der Waals surface area contributed by atoms with Gasteiger partial charge in [0.1, 0.15) is 17.6 Å². The zero-order chi connectivity index (χ0) is 27.9. The molecule has 0 radical (unpaired) electrons. The van der Waals surface area contributed by atoms with E-state index in [4.69, 9.17) is 18.9 Å². The van der Waals surface area contributed by atoms with Crippen molar-refractivity contribution in [3.8, 4) is 11.5 Å². The summed E-state index contributed by atoms with van der Waals surface area (Å²) in [6, 6.07) is 13.8. The number of hydrogen-bond acceptors (Lipinski definition) is 7. The van der Waals surface area contributed by atoms with E-state index in [1.807, 2.05) is 6.92 Å². The van der Waals surface area contributed by atoms with E-state index in [1.54, 1.807) is 54.6 Å². The van der Waals surface area contributed by atoms with Crippen molar-refractivity contribution >= 4 is 24.0 Å². The molecule has 7 nitrogen and oxygen atoms in total. The molecule has 1 fully saturated rings. The third-order valence-electron chi connectivity index (χ3n) is 6.31. The molecular weight excluding hydrogens is 496 g/mol. The van der Waals surface area contributed by atoms with Crippen molar-refractivity contribution in [2.75, 3.05) is 13.2 Å². The Balaban J connectivity index is 1.29. The van der Waals surface area contributed by atoms with Gasteiger partial charge in [-0.05, 0) is 73.7 Å². The van der Waals surface area contributed by atoms with Crippen LogP contribution < -0.4 is 9.47 Å². The quantitative estimate of drug-likeness (QED) is 0.101. The van der Waals surface area contributed by atoms with Crippen LogP contribution in [0.1, 0.15) is 80.6 Å². The SMILES string of the molecule is C=C1CC(CCCCCCCOc2ccc(C(=O)Oc3ccc(/C=C/C(=O)OCCCC)cc3)cc2)OC1=O. The molecular formula is C32H38O7. The Hall–Kier alpha value is -3.87. The molecule has 1 aliphatic heterocycles. The highest BCUT2D eigenvalue weighted by Gasteiger charge is 2.26. The summed E-state index contributed by atoms with van der Waals surface area (Å²) in [5, 5.41) is 0. The maximum absolute atomic E-state index is 12.5. The summed E-state index contributed by atoms with van der Waals surface area (Å²) in [5.74, 6) is 0.0402. The first-order valence-corrected chi connectivity index (χ1v) is 13.7. The van der Waals surface area contributed by atoms with Gasteiger partial charge in [-0.3, -0.25) is 0 Å². The highest BCUT2D eigenvalue weighted by Crippen LogP contribution is 2.23. The van der Waals surface area contributed by atoms with Crippen LogP contribution in [0.5, 0.6) is 11.5 Å². The van der Waals surface area contributed by atoms with Gasteiger partial charge in [0.05, 0.1) is 18.8 Å². The molecule has 2 aromatic rings. The second-order valence-electron chi connectivity index (χ2n) is 9.58. The smallest absolute Gasteiger partial charge is 0.343 e. The molecule has 1 unspecified atom stereocenters. The third-order valence-corrected chi connectivity index (χ3v) is 6.31. The van der Waals surface area contributed by atoms with Gasteiger partial charge in [-0.2, -0.15) is 0 Å². The van der Waals surface area contributed by atoms with E-state index in [-0.39, 0.29) is 18.0 Å². The molecule has 0 aromatic heterocycles. The van der Waals surface area contributed by atoms with Crippen molar-refractivity contribution in [2.24, 2.45) is 0 Å². The minimum atomic E-state index is -0.457. The van der Waals surface area contributed by atoms with Crippen LogP contribution in [0, 0.1) is 0 Å². The number of unbranched alkanes of at least 4 members (excludes halogenated alkanes) is 5. The van der Waals surface area contributed by atoms with Gasteiger partial charge >= 0.3 is 17.9 Å². The van der Waals surface area contributed by atoms with E-state index >= 15 is 0 Å². The van der Waals surface area contributed by atoms with Crippen LogP contribution in [-0.4, -0.2) is 37.2 Å². The van der Waals surface area contributed by atoms with Crippen LogP contribution in [0.25, 0.3) is 6.08 Å². The lowest BCUT2D eigenvalue weighted by atomic mass is 10.1. The van der Waals surface area contributed by atoms with E-state index in [0.29, 0.717) is 42.3 Å². The van der Waals surface area contributed by atoms with Gasteiger partial charge in [0.25, 0.3) is 0 Å². The lowest BCUT2D eigenvalue weighted by Gasteiger charge is -2.09. The number of esters is 3. The Morgan fingerprint density at radius 3 is 2.31 bits per heavy atom. The van der Waals surface area contributed by atoms with Crippen molar-refractivity contribution in [2.45, 2.75) is 70.8 Å². The van der Waals surface area contributed by atoms with Gasteiger partial charge in [0.15, 0.2) is 0 Å². The number of carbonyl (C=O) groups excluding carboxylic acids is 3. The summed E-state index contributed by atoms with van der Waals surface area (Å²) in [4.78, 5) is 35.5. The second-order valence-corrected chi connectivity index (χ2v) is 9.58. The number of ether oxygens (including phenoxy) is 4. The highest BCUT2D eigenvalue weighted by atomic mass is 16.6. The zero-order valence-electron chi connectivity index (χ0n) is 22.7. The summed E-state index contributed by atoms with van der Waals surface area (Å²) in [7, 11) is 0. The summed E-state index contributed by atoms with van der Waals surface area (Å²) >= 11 is 0. The van der Waals surface area contributed by atoms with Crippen LogP contribution in [0.4, 0.5) is 0 Å². The Morgan fingerprint density at radius 1 is 0.923 bits per heavy atom. The summed E-state index contributed by atoms with van der Waals surface area (Å²) in [6.45, 7) is 6.78. The summed E-state index contributed by atoms with van der Waals surface area (Å²) < 4.78 is 21.6. The minimum Gasteiger partial charge on any atom is -0.494 e. The van der Waals surface area contributed by atoms with E-state index in [2.05, 4.69) is 6.58 Å². The Labute approximate surface area is 230 Å². The van der Waals surface area contributed by atoms with Gasteiger partial charge in [0, 0.05) is 18.1 Å². The molecule has 1 heterocycles. The average Bonchev–Trinajstić information content (AvgIpc) is 3.26. The first-order valence-electron chi connectivity index (χ1n) is 13.7. The molecule has 39 heavy (non-hydrogen) atoms. The normalized spacial score (nSPS) is 14.8. The Morgan fingerprint density at radius 2 is 1.62 bits per heavy atom. The average molecular weight is 535 g/mol. The van der Waals surface area contributed by atoms with Crippen molar-refractivity contribution in [3.63, 3.8) is 0 Å². The number of cyclic esters (lactones) is 1. The molecule has 0 N–H and O–H groups in total. The van der Waals surface area contributed by atoms with Crippen LogP contribution in [0.2, 0.25) is 0 Å². The van der Waals surface area contributed by atoms with Crippen LogP contribution in [0.3, 0.4) is 0 Å². The zero-order valence-corrected chi connectivity index (χ0v) is 22.7. The Bertz CT molecular complexity index is 1100. The van der Waals surface area contributed by atoms with Gasteiger partial charge < -0.3 is 18.9 Å². The molecule has 208 valence electrons. The Kier molecular flexibility index (Phi) is 12.3. The van der Waals surface area contributed by atoms with Gasteiger partial charge in [-0.15, -0.1) is 0 Å².